The van der Waals surface area contributed by atoms with Crippen LogP contribution in [0.4, 0.5) is 4.79 Å². The standard InChI is InChI=1S/C29H41N3O10/c1-6-16-41-28(37)25(19(4)5)32-26(35)21(14-15-23(33)39-7-2)30-27(36)22(17-24(34)40-8-3)31-29(38)42-18-20-12-10-9-11-13-20/h6,9-13,19,21-22,25H,1,7-8,14-18H2,2-5H3,(H,30,36)(H,31,38)(H,32,35)/t21-,22-,25-/m0/s1. The predicted molar refractivity (Wildman–Crippen MR) is 151 cm³/mol. The van der Waals surface area contributed by atoms with Gasteiger partial charge in [-0.1, -0.05) is 56.8 Å². The third-order valence-electron chi connectivity index (χ3n) is 5.63. The topological polar surface area (TPSA) is 175 Å². The van der Waals surface area contributed by atoms with Gasteiger partial charge in [-0.05, 0) is 31.7 Å². The molecule has 0 bridgehead atoms. The third-order valence-corrected chi connectivity index (χ3v) is 5.63. The predicted octanol–water partition coefficient (Wildman–Crippen LogP) is 1.93. The molecule has 0 saturated heterocycles. The summed E-state index contributed by atoms with van der Waals surface area (Å²) in [5.74, 6) is -4.19. The Morgan fingerprint density at radius 1 is 0.810 bits per heavy atom. The van der Waals surface area contributed by atoms with Gasteiger partial charge in [-0.25, -0.2) is 9.59 Å². The molecule has 0 aliphatic rings. The highest BCUT2D eigenvalue weighted by Gasteiger charge is 2.33. The number of nitrogens with one attached hydrogen (secondary N) is 3. The van der Waals surface area contributed by atoms with Crippen molar-refractivity contribution in [3.63, 3.8) is 0 Å². The number of hydrogen-bond acceptors (Lipinski definition) is 10. The molecule has 1 rings (SSSR count). The van der Waals surface area contributed by atoms with Gasteiger partial charge < -0.3 is 34.9 Å². The van der Waals surface area contributed by atoms with Crippen LogP contribution in [0, 0.1) is 5.92 Å². The molecule has 1 aromatic rings. The van der Waals surface area contributed by atoms with Crippen LogP contribution in [0.1, 0.15) is 52.5 Å². The van der Waals surface area contributed by atoms with Crippen molar-refractivity contribution < 1.29 is 47.7 Å². The highest BCUT2D eigenvalue weighted by Crippen LogP contribution is 2.09. The van der Waals surface area contributed by atoms with E-state index in [-0.39, 0.29) is 45.2 Å². The second-order valence-corrected chi connectivity index (χ2v) is 9.32. The zero-order chi connectivity index (χ0) is 31.5. The lowest BCUT2D eigenvalue weighted by molar-refractivity contribution is -0.149. The van der Waals surface area contributed by atoms with Gasteiger partial charge in [0.05, 0.1) is 19.6 Å². The molecule has 0 aliphatic carbocycles. The van der Waals surface area contributed by atoms with Gasteiger partial charge >= 0.3 is 24.0 Å². The average molecular weight is 592 g/mol. The first-order valence-electron chi connectivity index (χ1n) is 13.7. The van der Waals surface area contributed by atoms with Crippen molar-refractivity contribution >= 4 is 35.8 Å². The zero-order valence-electron chi connectivity index (χ0n) is 24.5. The average Bonchev–Trinajstić information content (AvgIpc) is 2.95. The summed E-state index contributed by atoms with van der Waals surface area (Å²) < 4.78 is 20.1. The summed E-state index contributed by atoms with van der Waals surface area (Å²) in [7, 11) is 0. The Kier molecular flexibility index (Phi) is 16.6. The van der Waals surface area contributed by atoms with Gasteiger partial charge in [-0.15, -0.1) is 0 Å². The third kappa shape index (κ3) is 13.8. The van der Waals surface area contributed by atoms with Crippen molar-refractivity contribution in [1.29, 1.82) is 0 Å². The smallest absolute Gasteiger partial charge is 0.408 e. The largest absolute Gasteiger partial charge is 0.466 e. The molecule has 0 heterocycles. The molecule has 1 aromatic carbocycles. The van der Waals surface area contributed by atoms with E-state index in [4.69, 9.17) is 18.9 Å². The number of hydrogen-bond donors (Lipinski definition) is 3. The summed E-state index contributed by atoms with van der Waals surface area (Å²) in [5, 5.41) is 7.33. The highest BCUT2D eigenvalue weighted by atomic mass is 16.6. The van der Waals surface area contributed by atoms with E-state index < -0.39 is 60.4 Å². The maximum Gasteiger partial charge on any atom is 0.408 e. The molecule has 0 spiro atoms. The van der Waals surface area contributed by atoms with Crippen molar-refractivity contribution in [3.05, 3.63) is 48.6 Å². The number of carbonyl (C=O) groups is 6. The van der Waals surface area contributed by atoms with Crippen molar-refractivity contribution in [2.45, 2.75) is 71.7 Å². The molecule has 0 radical (unpaired) electrons. The first kappa shape index (κ1) is 35.6. The van der Waals surface area contributed by atoms with Crippen LogP contribution in [-0.4, -0.2) is 73.8 Å². The van der Waals surface area contributed by atoms with Gasteiger partial charge in [0.25, 0.3) is 0 Å². The van der Waals surface area contributed by atoms with Crippen molar-refractivity contribution in [3.8, 4) is 0 Å². The molecule has 0 fully saturated rings. The van der Waals surface area contributed by atoms with Crippen LogP contribution in [0.25, 0.3) is 0 Å². The molecular formula is C29H41N3O10. The Hall–Kier alpha value is -4.42. The number of rotatable bonds is 18. The summed E-state index contributed by atoms with van der Waals surface area (Å²) in [4.78, 5) is 75.8. The Balaban J connectivity index is 3.10. The first-order valence-corrected chi connectivity index (χ1v) is 13.7. The SMILES string of the molecule is C=CCOC(=O)[C@@H](NC(=O)[C@H](CCC(=O)OCC)NC(=O)[C@H](CC(=O)OCC)NC(=O)OCc1ccccc1)C(C)C. The zero-order valence-corrected chi connectivity index (χ0v) is 24.5. The Morgan fingerprint density at radius 3 is 2.02 bits per heavy atom. The Labute approximate surface area is 245 Å². The molecule has 3 amide bonds. The maximum absolute atomic E-state index is 13.3. The van der Waals surface area contributed by atoms with Gasteiger partial charge in [0.1, 0.15) is 31.3 Å². The lowest BCUT2D eigenvalue weighted by Gasteiger charge is -2.26. The van der Waals surface area contributed by atoms with E-state index in [9.17, 15) is 28.8 Å². The van der Waals surface area contributed by atoms with Crippen LogP contribution in [-0.2, 0) is 49.5 Å². The Morgan fingerprint density at radius 2 is 1.43 bits per heavy atom. The van der Waals surface area contributed by atoms with Crippen LogP contribution < -0.4 is 16.0 Å². The Bertz CT molecular complexity index is 1060. The van der Waals surface area contributed by atoms with Crippen molar-refractivity contribution in [1.82, 2.24) is 16.0 Å². The van der Waals surface area contributed by atoms with Crippen LogP contribution in [0.5, 0.6) is 0 Å². The maximum atomic E-state index is 13.3. The van der Waals surface area contributed by atoms with Crippen LogP contribution in [0.15, 0.2) is 43.0 Å². The lowest BCUT2D eigenvalue weighted by atomic mass is 10.0. The minimum Gasteiger partial charge on any atom is -0.466 e. The minimum atomic E-state index is -1.48. The quantitative estimate of drug-likeness (QED) is 0.130. The van der Waals surface area contributed by atoms with E-state index in [2.05, 4.69) is 22.5 Å². The molecule has 0 saturated carbocycles. The molecule has 13 heteroatoms. The van der Waals surface area contributed by atoms with E-state index in [0.717, 1.165) is 0 Å². The van der Waals surface area contributed by atoms with Crippen molar-refractivity contribution in [2.75, 3.05) is 19.8 Å². The minimum absolute atomic E-state index is 0.0364. The number of alkyl carbamates (subject to hydrolysis) is 1. The number of ether oxygens (including phenoxy) is 4. The van der Waals surface area contributed by atoms with Crippen LogP contribution in [0.2, 0.25) is 0 Å². The molecule has 13 nitrogen and oxygen atoms in total. The molecule has 232 valence electrons. The summed E-state index contributed by atoms with van der Waals surface area (Å²) in [6.07, 6.45) is -0.613. The molecule has 3 atom stereocenters. The molecular weight excluding hydrogens is 550 g/mol. The fraction of sp³-hybridized carbons (Fsp3) is 0.517. The normalized spacial score (nSPS) is 12.6. The molecule has 0 aromatic heterocycles. The number of esters is 3. The summed E-state index contributed by atoms with van der Waals surface area (Å²) in [6.45, 7) is 10.0. The fourth-order valence-electron chi connectivity index (χ4n) is 3.52. The monoisotopic (exact) mass is 591 g/mol. The van der Waals surface area contributed by atoms with E-state index in [1.54, 1.807) is 58.0 Å². The number of carbonyl (C=O) groups excluding carboxylic acids is 6. The van der Waals surface area contributed by atoms with Gasteiger partial charge in [-0.2, -0.15) is 0 Å². The summed E-state index contributed by atoms with van der Waals surface area (Å²) >= 11 is 0. The molecule has 3 N–H and O–H groups in total. The van der Waals surface area contributed by atoms with E-state index >= 15 is 0 Å². The van der Waals surface area contributed by atoms with Gasteiger partial charge in [0, 0.05) is 6.42 Å². The first-order chi connectivity index (χ1) is 20.0. The van der Waals surface area contributed by atoms with Gasteiger partial charge in [0.15, 0.2) is 0 Å². The van der Waals surface area contributed by atoms with E-state index in [0.29, 0.717) is 5.56 Å². The lowest BCUT2D eigenvalue weighted by Crippen LogP contribution is -2.57. The molecule has 42 heavy (non-hydrogen) atoms. The van der Waals surface area contributed by atoms with Gasteiger partial charge in [-0.3, -0.25) is 19.2 Å². The van der Waals surface area contributed by atoms with E-state index in [1.807, 2.05) is 0 Å². The fourth-order valence-corrected chi connectivity index (χ4v) is 3.52. The second kappa shape index (κ2) is 19.6. The van der Waals surface area contributed by atoms with Crippen LogP contribution >= 0.6 is 0 Å². The number of benzene rings is 1. The summed E-state index contributed by atoms with van der Waals surface area (Å²) in [5.41, 5.74) is 0.695. The van der Waals surface area contributed by atoms with Crippen LogP contribution in [0.3, 0.4) is 0 Å². The molecule has 0 aliphatic heterocycles. The molecule has 0 unspecified atom stereocenters. The highest BCUT2D eigenvalue weighted by molar-refractivity contribution is 5.94. The second-order valence-electron chi connectivity index (χ2n) is 9.32. The van der Waals surface area contributed by atoms with Crippen molar-refractivity contribution in [2.24, 2.45) is 5.92 Å². The number of amides is 3. The van der Waals surface area contributed by atoms with Gasteiger partial charge in [0.2, 0.25) is 11.8 Å². The summed E-state index contributed by atoms with van der Waals surface area (Å²) in [6, 6.07) is 4.90. The van der Waals surface area contributed by atoms with E-state index in [1.165, 1.54) is 6.08 Å².